The minimum atomic E-state index is 0.325. The van der Waals surface area contributed by atoms with Crippen LogP contribution in [0.25, 0.3) is 11.2 Å². The molecule has 0 amide bonds. The van der Waals surface area contributed by atoms with E-state index in [1.165, 1.54) is 6.33 Å². The van der Waals surface area contributed by atoms with E-state index in [0.717, 1.165) is 11.5 Å². The van der Waals surface area contributed by atoms with Gasteiger partial charge in [0.2, 0.25) is 0 Å². The van der Waals surface area contributed by atoms with Crippen LogP contribution >= 0.6 is 11.6 Å². The third kappa shape index (κ3) is 1.26. The van der Waals surface area contributed by atoms with Gasteiger partial charge >= 0.3 is 0 Å². The molecule has 0 aliphatic heterocycles. The van der Waals surface area contributed by atoms with Crippen molar-refractivity contribution in [1.29, 1.82) is 0 Å². The fourth-order valence-corrected chi connectivity index (χ4v) is 1.78. The number of rotatable bonds is 1. The van der Waals surface area contributed by atoms with Crippen molar-refractivity contribution in [2.24, 2.45) is 0 Å². The number of imidazole rings is 1. The monoisotopic (exact) mass is 210 g/mol. The first-order valence-electron chi connectivity index (χ1n) is 4.46. The van der Waals surface area contributed by atoms with Gasteiger partial charge in [0.15, 0.2) is 10.8 Å². The molecule has 0 saturated carbocycles. The number of halogens is 1. The van der Waals surface area contributed by atoms with E-state index in [-0.39, 0.29) is 0 Å². The van der Waals surface area contributed by atoms with Crippen molar-refractivity contribution >= 4 is 22.8 Å². The summed E-state index contributed by atoms with van der Waals surface area (Å²) in [6.07, 6.45) is 1.46. The lowest BCUT2D eigenvalue weighted by Gasteiger charge is -2.09. The zero-order chi connectivity index (χ0) is 10.3. The first-order chi connectivity index (χ1) is 6.61. The molecule has 5 heteroatoms. The Morgan fingerprint density at radius 1 is 1.36 bits per heavy atom. The molecule has 0 aliphatic rings. The van der Waals surface area contributed by atoms with Gasteiger partial charge in [0.05, 0.1) is 0 Å². The highest BCUT2D eigenvalue weighted by molar-refractivity contribution is 6.33. The van der Waals surface area contributed by atoms with Crippen LogP contribution < -0.4 is 0 Å². The molecule has 0 aliphatic carbocycles. The van der Waals surface area contributed by atoms with E-state index in [2.05, 4.69) is 28.8 Å². The molecule has 0 unspecified atom stereocenters. The fraction of sp³-hybridized carbons (Fsp3) is 0.444. The van der Waals surface area contributed by atoms with Crippen molar-refractivity contribution in [2.75, 3.05) is 0 Å². The van der Waals surface area contributed by atoms with E-state index in [4.69, 9.17) is 11.6 Å². The van der Waals surface area contributed by atoms with Crippen LogP contribution in [0.5, 0.6) is 0 Å². The molecule has 0 bridgehead atoms. The van der Waals surface area contributed by atoms with E-state index < -0.39 is 0 Å². The number of aromatic nitrogens is 4. The average Bonchev–Trinajstić information content (AvgIpc) is 2.42. The Balaban J connectivity index is 2.83. The topological polar surface area (TPSA) is 43.6 Å². The lowest BCUT2D eigenvalue weighted by atomic mass is 10.4. The first kappa shape index (κ1) is 9.40. The Morgan fingerprint density at radius 2 is 2.07 bits per heavy atom. The molecule has 0 N–H and O–H groups in total. The highest BCUT2D eigenvalue weighted by Crippen LogP contribution is 2.22. The van der Waals surface area contributed by atoms with Gasteiger partial charge in [-0.2, -0.15) is 0 Å². The molecule has 0 fully saturated rings. The van der Waals surface area contributed by atoms with Crippen molar-refractivity contribution in [3.63, 3.8) is 0 Å². The fourth-order valence-electron chi connectivity index (χ4n) is 1.61. The number of fused-ring (bicyclic) bond motifs is 1. The maximum atomic E-state index is 5.92. The molecule has 0 radical (unpaired) electrons. The van der Waals surface area contributed by atoms with Crippen LogP contribution in [0.1, 0.15) is 25.7 Å². The van der Waals surface area contributed by atoms with Crippen LogP contribution in [-0.4, -0.2) is 19.5 Å². The van der Waals surface area contributed by atoms with Crippen LogP contribution in [-0.2, 0) is 0 Å². The summed E-state index contributed by atoms with van der Waals surface area (Å²) in [7, 11) is 0. The molecule has 14 heavy (non-hydrogen) atoms. The normalized spacial score (nSPS) is 11.5. The van der Waals surface area contributed by atoms with Gasteiger partial charge in [0, 0.05) is 6.04 Å². The average molecular weight is 211 g/mol. The van der Waals surface area contributed by atoms with E-state index in [1.54, 1.807) is 0 Å². The Hall–Kier alpha value is -1.16. The Morgan fingerprint density at radius 3 is 2.71 bits per heavy atom. The molecule has 0 atom stereocenters. The zero-order valence-electron chi connectivity index (χ0n) is 8.32. The lowest BCUT2D eigenvalue weighted by molar-refractivity contribution is 0.595. The molecule has 0 aromatic carbocycles. The van der Waals surface area contributed by atoms with E-state index >= 15 is 0 Å². The van der Waals surface area contributed by atoms with Gasteiger partial charge in [-0.25, -0.2) is 15.0 Å². The van der Waals surface area contributed by atoms with Crippen molar-refractivity contribution in [1.82, 2.24) is 19.5 Å². The van der Waals surface area contributed by atoms with Gasteiger partial charge in [0.25, 0.3) is 0 Å². The maximum Gasteiger partial charge on any atom is 0.165 e. The predicted molar refractivity (Wildman–Crippen MR) is 55.5 cm³/mol. The second kappa shape index (κ2) is 3.20. The first-order valence-corrected chi connectivity index (χ1v) is 4.84. The summed E-state index contributed by atoms with van der Waals surface area (Å²) in [5, 5.41) is 0.414. The number of aryl methyl sites for hydroxylation is 1. The SMILES string of the molecule is Cc1nc2c(Cl)ncnc2n1C(C)C. The molecule has 4 nitrogen and oxygen atoms in total. The molecular weight excluding hydrogens is 200 g/mol. The highest BCUT2D eigenvalue weighted by Gasteiger charge is 2.13. The highest BCUT2D eigenvalue weighted by atomic mass is 35.5. The lowest BCUT2D eigenvalue weighted by Crippen LogP contribution is -2.03. The molecular formula is C9H11ClN4. The standard InChI is InChI=1S/C9H11ClN4/c1-5(2)14-6(3)13-7-8(10)11-4-12-9(7)14/h4-5H,1-3H3. The summed E-state index contributed by atoms with van der Waals surface area (Å²) in [5.41, 5.74) is 1.48. The summed E-state index contributed by atoms with van der Waals surface area (Å²) >= 11 is 5.92. The minimum absolute atomic E-state index is 0.325. The van der Waals surface area contributed by atoms with Gasteiger partial charge in [-0.3, -0.25) is 0 Å². The van der Waals surface area contributed by atoms with Gasteiger partial charge in [0.1, 0.15) is 17.7 Å². The molecule has 2 aromatic rings. The van der Waals surface area contributed by atoms with Gasteiger partial charge in [-0.1, -0.05) is 11.6 Å². The molecule has 0 spiro atoms. The molecule has 0 saturated heterocycles. The van der Waals surface area contributed by atoms with Crippen molar-refractivity contribution < 1.29 is 0 Å². The van der Waals surface area contributed by atoms with Crippen LogP contribution in [0, 0.1) is 6.92 Å². The van der Waals surface area contributed by atoms with Crippen molar-refractivity contribution in [3.8, 4) is 0 Å². The quantitative estimate of drug-likeness (QED) is 0.679. The number of hydrogen-bond donors (Lipinski definition) is 0. The summed E-state index contributed by atoms with van der Waals surface area (Å²) < 4.78 is 2.04. The molecule has 2 heterocycles. The summed E-state index contributed by atoms with van der Waals surface area (Å²) in [6, 6.07) is 0.325. The third-order valence-corrected chi connectivity index (χ3v) is 2.40. The van der Waals surface area contributed by atoms with Crippen LogP contribution in [0.15, 0.2) is 6.33 Å². The smallest absolute Gasteiger partial charge is 0.165 e. The third-order valence-electron chi connectivity index (χ3n) is 2.13. The van der Waals surface area contributed by atoms with Crippen molar-refractivity contribution in [3.05, 3.63) is 17.3 Å². The predicted octanol–water partition coefficient (Wildman–Crippen LogP) is 2.37. The largest absolute Gasteiger partial charge is 0.310 e. The molecule has 74 valence electrons. The summed E-state index contributed by atoms with van der Waals surface area (Å²) in [4.78, 5) is 12.4. The second-order valence-corrected chi connectivity index (χ2v) is 3.82. The Kier molecular flexibility index (Phi) is 2.15. The second-order valence-electron chi connectivity index (χ2n) is 3.46. The van der Waals surface area contributed by atoms with Gasteiger partial charge < -0.3 is 4.57 Å². The van der Waals surface area contributed by atoms with E-state index in [1.807, 2.05) is 11.5 Å². The van der Waals surface area contributed by atoms with Gasteiger partial charge in [-0.15, -0.1) is 0 Å². The van der Waals surface area contributed by atoms with Crippen LogP contribution in [0.4, 0.5) is 0 Å². The van der Waals surface area contributed by atoms with Crippen LogP contribution in [0.2, 0.25) is 5.15 Å². The molecule has 2 aromatic heterocycles. The summed E-state index contributed by atoms with van der Waals surface area (Å²) in [5.74, 6) is 0.914. The Bertz CT molecular complexity index is 475. The van der Waals surface area contributed by atoms with E-state index in [9.17, 15) is 0 Å². The van der Waals surface area contributed by atoms with Gasteiger partial charge in [-0.05, 0) is 20.8 Å². The van der Waals surface area contributed by atoms with Crippen LogP contribution in [0.3, 0.4) is 0 Å². The minimum Gasteiger partial charge on any atom is -0.310 e. The van der Waals surface area contributed by atoms with E-state index in [0.29, 0.717) is 16.7 Å². The molecule has 2 rings (SSSR count). The zero-order valence-corrected chi connectivity index (χ0v) is 9.08. The van der Waals surface area contributed by atoms with Crippen molar-refractivity contribution in [2.45, 2.75) is 26.8 Å². The summed E-state index contributed by atoms with van der Waals surface area (Å²) in [6.45, 7) is 6.12. The maximum absolute atomic E-state index is 5.92. The number of hydrogen-bond acceptors (Lipinski definition) is 3. The Labute approximate surface area is 87.0 Å². The number of nitrogens with zero attached hydrogens (tertiary/aromatic N) is 4.